The fraction of sp³-hybridized carbons (Fsp3) is 0.529. The van der Waals surface area contributed by atoms with Gasteiger partial charge in [-0.3, -0.25) is 14.4 Å². The minimum absolute atomic E-state index is 0.0313. The van der Waals surface area contributed by atoms with Crippen LogP contribution in [0.25, 0.3) is 0 Å². The van der Waals surface area contributed by atoms with Crippen molar-refractivity contribution in [2.75, 3.05) is 44.6 Å². The van der Waals surface area contributed by atoms with Crippen LogP contribution in [-0.4, -0.2) is 101 Å². The lowest BCUT2D eigenvalue weighted by molar-refractivity contribution is -0.140. The average Bonchev–Trinajstić information content (AvgIpc) is 3.08. The lowest BCUT2D eigenvalue weighted by atomic mass is 9.98. The third-order valence-electron chi connectivity index (χ3n) is 9.82. The number of hydrogen-bond acceptors (Lipinski definition) is 5. The summed E-state index contributed by atoms with van der Waals surface area (Å²) in [6.07, 6.45) is 6.87. The molecular weight excluding hydrogens is 556 g/mol. The highest BCUT2D eigenvalue weighted by molar-refractivity contribution is 5.99. The number of nitrogens with zero attached hydrogens (tertiary/aromatic N) is 4. The predicted octanol–water partition coefficient (Wildman–Crippen LogP) is 3.69. The average molecular weight is 601 g/mol. The number of benzene rings is 2. The molecule has 0 spiro atoms. The molecule has 44 heavy (non-hydrogen) atoms. The van der Waals surface area contributed by atoms with Crippen LogP contribution in [0, 0.1) is 0 Å². The van der Waals surface area contributed by atoms with Gasteiger partial charge in [-0.25, -0.2) is 4.79 Å². The Labute approximate surface area is 259 Å². The summed E-state index contributed by atoms with van der Waals surface area (Å²) in [5.41, 5.74) is 2.40. The molecule has 1 atom stereocenters. The van der Waals surface area contributed by atoms with Crippen LogP contribution in [0.4, 0.5) is 10.5 Å². The number of fused-ring (bicyclic) bond motifs is 1. The number of rotatable bonds is 7. The molecular formula is C34H44N6O4. The summed E-state index contributed by atoms with van der Waals surface area (Å²) in [7, 11) is 0. The fourth-order valence-electron chi connectivity index (χ4n) is 7.23. The van der Waals surface area contributed by atoms with Crippen molar-refractivity contribution in [3.63, 3.8) is 0 Å². The van der Waals surface area contributed by atoms with E-state index in [-0.39, 0.29) is 36.2 Å². The Morgan fingerprint density at radius 3 is 2.14 bits per heavy atom. The van der Waals surface area contributed by atoms with Gasteiger partial charge in [-0.15, -0.1) is 0 Å². The molecule has 5 amide bonds. The van der Waals surface area contributed by atoms with E-state index in [1.54, 1.807) is 29.2 Å². The zero-order valence-electron chi connectivity index (χ0n) is 25.5. The normalized spacial score (nSPS) is 20.9. The molecule has 2 aromatic carbocycles. The van der Waals surface area contributed by atoms with E-state index in [0.717, 1.165) is 37.2 Å². The number of carbonyl (C=O) groups excluding carboxylic acids is 4. The molecule has 4 aliphatic rings. The van der Waals surface area contributed by atoms with Crippen LogP contribution in [0.15, 0.2) is 54.6 Å². The quantitative estimate of drug-likeness (QED) is 0.505. The van der Waals surface area contributed by atoms with Crippen molar-refractivity contribution >= 4 is 29.4 Å². The SMILES string of the molecule is O=C(NC(CC(=O)N1CCC(N2Cc3ccccc3NC2=O)CC1)C(=O)N1CCC(N2CCCCC2)CC1)c1ccccc1. The van der Waals surface area contributed by atoms with Gasteiger partial charge in [0.05, 0.1) is 6.42 Å². The van der Waals surface area contributed by atoms with Crippen molar-refractivity contribution in [2.45, 2.75) is 76.0 Å². The molecule has 2 N–H and O–H groups in total. The lowest BCUT2D eigenvalue weighted by Crippen LogP contribution is -2.55. The minimum atomic E-state index is -0.927. The smallest absolute Gasteiger partial charge is 0.322 e. The number of para-hydroxylation sites is 1. The van der Waals surface area contributed by atoms with Crippen LogP contribution >= 0.6 is 0 Å². The summed E-state index contributed by atoms with van der Waals surface area (Å²) in [5, 5.41) is 5.89. The molecule has 0 saturated carbocycles. The molecule has 0 aliphatic carbocycles. The van der Waals surface area contributed by atoms with Crippen LogP contribution < -0.4 is 10.6 Å². The summed E-state index contributed by atoms with van der Waals surface area (Å²) in [4.78, 5) is 61.4. The van der Waals surface area contributed by atoms with E-state index in [9.17, 15) is 19.2 Å². The third-order valence-corrected chi connectivity index (χ3v) is 9.82. The van der Waals surface area contributed by atoms with E-state index < -0.39 is 6.04 Å². The first-order chi connectivity index (χ1) is 21.5. The van der Waals surface area contributed by atoms with E-state index in [1.165, 1.54) is 19.3 Å². The topological polar surface area (TPSA) is 105 Å². The van der Waals surface area contributed by atoms with Crippen molar-refractivity contribution < 1.29 is 19.2 Å². The summed E-state index contributed by atoms with van der Waals surface area (Å²) in [6.45, 7) is 5.10. The van der Waals surface area contributed by atoms with Gasteiger partial charge in [0.25, 0.3) is 5.91 Å². The molecule has 1 unspecified atom stereocenters. The highest BCUT2D eigenvalue weighted by Gasteiger charge is 2.36. The van der Waals surface area contributed by atoms with E-state index in [0.29, 0.717) is 57.2 Å². The Morgan fingerprint density at radius 1 is 0.773 bits per heavy atom. The number of carbonyl (C=O) groups is 4. The number of hydrogen-bond donors (Lipinski definition) is 2. The van der Waals surface area contributed by atoms with Gasteiger partial charge in [0.15, 0.2) is 0 Å². The Balaban J connectivity index is 1.07. The predicted molar refractivity (Wildman–Crippen MR) is 168 cm³/mol. The van der Waals surface area contributed by atoms with Crippen LogP contribution in [0.2, 0.25) is 0 Å². The second kappa shape index (κ2) is 13.8. The summed E-state index contributed by atoms with van der Waals surface area (Å²) in [5.74, 6) is -0.680. The Bertz CT molecular complexity index is 1330. The summed E-state index contributed by atoms with van der Waals surface area (Å²) < 4.78 is 0. The zero-order valence-corrected chi connectivity index (χ0v) is 25.5. The fourth-order valence-corrected chi connectivity index (χ4v) is 7.23. The molecule has 3 fully saturated rings. The van der Waals surface area contributed by atoms with Crippen molar-refractivity contribution in [2.24, 2.45) is 0 Å². The molecule has 6 rings (SSSR count). The van der Waals surface area contributed by atoms with Crippen LogP contribution in [-0.2, 0) is 16.1 Å². The van der Waals surface area contributed by atoms with Gasteiger partial charge >= 0.3 is 6.03 Å². The number of anilines is 1. The van der Waals surface area contributed by atoms with E-state index in [2.05, 4.69) is 15.5 Å². The van der Waals surface area contributed by atoms with Gasteiger partial charge in [-0.1, -0.05) is 42.8 Å². The van der Waals surface area contributed by atoms with E-state index >= 15 is 0 Å². The number of piperidine rings is 3. The maximum atomic E-state index is 13.8. The number of nitrogens with one attached hydrogen (secondary N) is 2. The standard InChI is InChI=1S/C34H44N6O4/c41-31(38-19-15-28(16-20-38)40-24-26-11-5-6-12-29(26)36-34(40)44)23-30(35-32(42)25-9-3-1-4-10-25)33(43)39-21-13-27(14-22-39)37-17-7-2-8-18-37/h1,3-6,9-12,27-28,30H,2,7-8,13-24H2,(H,35,42)(H,36,44). The number of amides is 5. The van der Waals surface area contributed by atoms with Crippen LogP contribution in [0.1, 0.15) is 67.3 Å². The minimum Gasteiger partial charge on any atom is -0.342 e. The molecule has 0 bridgehead atoms. The van der Waals surface area contributed by atoms with Gasteiger partial charge in [0.1, 0.15) is 6.04 Å². The summed E-state index contributed by atoms with van der Waals surface area (Å²) >= 11 is 0. The lowest BCUT2D eigenvalue weighted by Gasteiger charge is -2.41. The molecule has 2 aromatic rings. The van der Waals surface area contributed by atoms with Gasteiger partial charge in [-0.05, 0) is 75.4 Å². The van der Waals surface area contributed by atoms with Crippen LogP contribution in [0.5, 0.6) is 0 Å². The Hall–Kier alpha value is -3.92. The van der Waals surface area contributed by atoms with Crippen molar-refractivity contribution in [1.82, 2.24) is 24.9 Å². The van der Waals surface area contributed by atoms with Crippen LogP contribution in [0.3, 0.4) is 0 Å². The third kappa shape index (κ3) is 6.90. The van der Waals surface area contributed by atoms with Crippen molar-refractivity contribution in [3.8, 4) is 0 Å². The maximum absolute atomic E-state index is 13.8. The van der Waals surface area contributed by atoms with E-state index in [1.807, 2.05) is 40.1 Å². The van der Waals surface area contributed by atoms with Gasteiger partial charge in [0, 0.05) is 56.1 Å². The van der Waals surface area contributed by atoms with Crippen molar-refractivity contribution in [3.05, 3.63) is 65.7 Å². The molecule has 10 nitrogen and oxygen atoms in total. The maximum Gasteiger partial charge on any atom is 0.322 e. The monoisotopic (exact) mass is 600 g/mol. The molecule has 4 heterocycles. The Kier molecular flexibility index (Phi) is 9.45. The van der Waals surface area contributed by atoms with E-state index in [4.69, 9.17) is 0 Å². The molecule has 234 valence electrons. The number of likely N-dealkylation sites (tertiary alicyclic amines) is 3. The molecule has 0 aromatic heterocycles. The first kappa shape index (κ1) is 30.1. The van der Waals surface area contributed by atoms with Gasteiger partial charge < -0.3 is 30.2 Å². The second-order valence-electron chi connectivity index (χ2n) is 12.6. The highest BCUT2D eigenvalue weighted by atomic mass is 16.2. The highest BCUT2D eigenvalue weighted by Crippen LogP contribution is 2.28. The zero-order chi connectivity index (χ0) is 30.5. The summed E-state index contributed by atoms with van der Waals surface area (Å²) in [6, 6.07) is 16.2. The molecule has 0 radical (unpaired) electrons. The first-order valence-corrected chi connectivity index (χ1v) is 16.3. The van der Waals surface area contributed by atoms with Crippen molar-refractivity contribution in [1.29, 1.82) is 0 Å². The first-order valence-electron chi connectivity index (χ1n) is 16.3. The molecule has 4 aliphatic heterocycles. The molecule has 3 saturated heterocycles. The Morgan fingerprint density at radius 2 is 1.41 bits per heavy atom. The second-order valence-corrected chi connectivity index (χ2v) is 12.6. The van der Waals surface area contributed by atoms with Gasteiger partial charge in [-0.2, -0.15) is 0 Å². The molecule has 10 heteroatoms. The number of urea groups is 1. The van der Waals surface area contributed by atoms with Gasteiger partial charge in [0.2, 0.25) is 11.8 Å². The largest absolute Gasteiger partial charge is 0.342 e.